The molecule has 0 unspecified atom stereocenters. The molecule has 0 spiro atoms. The van der Waals surface area contributed by atoms with Crippen molar-refractivity contribution in [2.75, 3.05) is 0 Å². The predicted octanol–water partition coefficient (Wildman–Crippen LogP) is 4.53. The van der Waals surface area contributed by atoms with Crippen molar-refractivity contribution in [1.29, 1.82) is 0 Å². The second-order valence-electron chi connectivity index (χ2n) is 5.70. The van der Waals surface area contributed by atoms with Crippen LogP contribution in [0.2, 0.25) is 0 Å². The molecule has 1 aliphatic rings. The highest BCUT2D eigenvalue weighted by atomic mass is 16.2. The van der Waals surface area contributed by atoms with Crippen LogP contribution in [0.15, 0.2) is 60.7 Å². The van der Waals surface area contributed by atoms with Crippen molar-refractivity contribution in [2.45, 2.75) is 0 Å². The van der Waals surface area contributed by atoms with E-state index in [1.54, 1.807) is 0 Å². The van der Waals surface area contributed by atoms with Gasteiger partial charge in [0.2, 0.25) is 11.6 Å². The molecule has 5 rings (SSSR count). The Kier molecular flexibility index (Phi) is 2.01. The molecule has 0 aliphatic heterocycles. The third kappa shape index (κ3) is 1.25. The van der Waals surface area contributed by atoms with Gasteiger partial charge in [0, 0.05) is 16.5 Å². The monoisotopic (exact) mass is 282 g/mol. The quantitative estimate of drug-likeness (QED) is 0.351. The SMILES string of the molecule is O=C1C(=O)c2c3ccccc3cc3cc4ccccc4c1c23. The summed E-state index contributed by atoms with van der Waals surface area (Å²) in [5, 5.41) is 5.49. The van der Waals surface area contributed by atoms with Gasteiger partial charge in [-0.3, -0.25) is 9.59 Å². The Morgan fingerprint density at radius 2 is 1.00 bits per heavy atom. The van der Waals surface area contributed by atoms with Gasteiger partial charge in [-0.05, 0) is 39.1 Å². The maximum absolute atomic E-state index is 12.6. The van der Waals surface area contributed by atoms with E-state index >= 15 is 0 Å². The minimum atomic E-state index is -0.381. The van der Waals surface area contributed by atoms with Crippen LogP contribution in [-0.4, -0.2) is 11.6 Å². The molecular formula is C20H10O2. The first-order valence-electron chi connectivity index (χ1n) is 7.22. The molecule has 0 amide bonds. The molecule has 102 valence electrons. The van der Waals surface area contributed by atoms with E-state index in [0.29, 0.717) is 11.1 Å². The number of Topliss-reactive ketones (excluding diaryl/α,β-unsaturated/α-hetero) is 2. The summed E-state index contributed by atoms with van der Waals surface area (Å²) in [6, 6.07) is 19.6. The van der Waals surface area contributed by atoms with E-state index in [2.05, 4.69) is 12.1 Å². The Balaban J connectivity index is 2.17. The third-order valence-electron chi connectivity index (χ3n) is 4.53. The molecule has 0 heterocycles. The highest BCUT2D eigenvalue weighted by Gasteiger charge is 2.34. The molecule has 0 fully saturated rings. The van der Waals surface area contributed by atoms with Crippen LogP contribution in [0.5, 0.6) is 0 Å². The van der Waals surface area contributed by atoms with Gasteiger partial charge < -0.3 is 0 Å². The fourth-order valence-electron chi connectivity index (χ4n) is 3.60. The average molecular weight is 282 g/mol. The van der Waals surface area contributed by atoms with E-state index in [1.807, 2.05) is 48.5 Å². The summed E-state index contributed by atoms with van der Waals surface area (Å²) in [4.78, 5) is 25.2. The lowest BCUT2D eigenvalue weighted by Gasteiger charge is -2.08. The maximum Gasteiger partial charge on any atom is 0.234 e. The lowest BCUT2D eigenvalue weighted by molar-refractivity contribution is 0.0827. The molecule has 0 bridgehead atoms. The first-order valence-corrected chi connectivity index (χ1v) is 7.22. The van der Waals surface area contributed by atoms with Crippen LogP contribution in [0, 0.1) is 0 Å². The second-order valence-corrected chi connectivity index (χ2v) is 5.70. The second kappa shape index (κ2) is 3.80. The summed E-state index contributed by atoms with van der Waals surface area (Å²) in [6.45, 7) is 0. The molecule has 1 aliphatic carbocycles. The van der Waals surface area contributed by atoms with Gasteiger partial charge in [0.25, 0.3) is 0 Å². The lowest BCUT2D eigenvalue weighted by Crippen LogP contribution is -2.07. The summed E-state index contributed by atoms with van der Waals surface area (Å²) in [5.41, 5.74) is 1.14. The molecule has 0 N–H and O–H groups in total. The summed E-state index contributed by atoms with van der Waals surface area (Å²) >= 11 is 0. The van der Waals surface area contributed by atoms with Crippen molar-refractivity contribution in [1.82, 2.24) is 0 Å². The summed E-state index contributed by atoms with van der Waals surface area (Å²) < 4.78 is 0. The smallest absolute Gasteiger partial charge is 0.234 e. The molecular weight excluding hydrogens is 272 g/mol. The Morgan fingerprint density at radius 1 is 0.545 bits per heavy atom. The van der Waals surface area contributed by atoms with Crippen molar-refractivity contribution in [3.63, 3.8) is 0 Å². The zero-order valence-electron chi connectivity index (χ0n) is 11.6. The normalized spacial score (nSPS) is 13.6. The minimum absolute atomic E-state index is 0.381. The van der Waals surface area contributed by atoms with Crippen LogP contribution < -0.4 is 0 Å². The van der Waals surface area contributed by atoms with Crippen molar-refractivity contribution in [3.05, 3.63) is 71.8 Å². The van der Waals surface area contributed by atoms with Crippen molar-refractivity contribution >= 4 is 43.9 Å². The van der Waals surface area contributed by atoms with Crippen molar-refractivity contribution in [2.24, 2.45) is 0 Å². The van der Waals surface area contributed by atoms with Gasteiger partial charge in [-0.25, -0.2) is 0 Å². The number of hydrogen-bond donors (Lipinski definition) is 0. The highest BCUT2D eigenvalue weighted by molar-refractivity contribution is 6.61. The van der Waals surface area contributed by atoms with Crippen LogP contribution in [0.3, 0.4) is 0 Å². The number of carbonyl (C=O) groups is 2. The standard InChI is InChI=1S/C20H10O2/c21-19-17-14-7-3-1-5-11(14)9-13-10-12-6-2-4-8-15(12)18(16(13)17)20(19)22/h1-10H. The summed E-state index contributed by atoms with van der Waals surface area (Å²) in [5.74, 6) is -0.763. The largest absolute Gasteiger partial charge is 0.285 e. The van der Waals surface area contributed by atoms with Crippen molar-refractivity contribution < 1.29 is 9.59 Å². The maximum atomic E-state index is 12.6. The zero-order valence-corrected chi connectivity index (χ0v) is 11.6. The van der Waals surface area contributed by atoms with E-state index in [0.717, 1.165) is 32.3 Å². The van der Waals surface area contributed by atoms with E-state index in [9.17, 15) is 9.59 Å². The molecule has 2 nitrogen and oxygen atoms in total. The van der Waals surface area contributed by atoms with Crippen LogP contribution in [0.25, 0.3) is 32.3 Å². The highest BCUT2D eigenvalue weighted by Crippen LogP contribution is 2.40. The third-order valence-corrected chi connectivity index (χ3v) is 4.53. The number of rotatable bonds is 0. The van der Waals surface area contributed by atoms with E-state index in [1.165, 1.54) is 0 Å². The molecule has 22 heavy (non-hydrogen) atoms. The molecule has 4 aromatic carbocycles. The zero-order chi connectivity index (χ0) is 14.8. The Bertz CT molecular complexity index is 1060. The Hall–Kier alpha value is -3.00. The molecule has 0 saturated heterocycles. The average Bonchev–Trinajstić information content (AvgIpc) is 2.82. The number of hydrogen-bond acceptors (Lipinski definition) is 2. The molecule has 0 atom stereocenters. The summed E-state index contributed by atoms with van der Waals surface area (Å²) in [6.07, 6.45) is 0. The first kappa shape index (κ1) is 11.6. The van der Waals surface area contributed by atoms with Crippen LogP contribution >= 0.6 is 0 Å². The van der Waals surface area contributed by atoms with Gasteiger partial charge in [-0.1, -0.05) is 48.5 Å². The van der Waals surface area contributed by atoms with Gasteiger partial charge in [-0.15, -0.1) is 0 Å². The van der Waals surface area contributed by atoms with Gasteiger partial charge in [0.15, 0.2) is 0 Å². The number of ketones is 2. The number of fused-ring (bicyclic) bond motifs is 4. The lowest BCUT2D eigenvalue weighted by atomic mass is 9.94. The molecule has 2 heteroatoms. The number of carbonyl (C=O) groups excluding carboxylic acids is 2. The minimum Gasteiger partial charge on any atom is -0.285 e. The van der Waals surface area contributed by atoms with E-state index < -0.39 is 0 Å². The van der Waals surface area contributed by atoms with Gasteiger partial charge in [0.1, 0.15) is 0 Å². The summed E-state index contributed by atoms with van der Waals surface area (Å²) in [7, 11) is 0. The molecule has 0 radical (unpaired) electrons. The van der Waals surface area contributed by atoms with E-state index in [4.69, 9.17) is 0 Å². The van der Waals surface area contributed by atoms with E-state index in [-0.39, 0.29) is 11.6 Å². The van der Waals surface area contributed by atoms with Crippen molar-refractivity contribution in [3.8, 4) is 0 Å². The van der Waals surface area contributed by atoms with Crippen LogP contribution in [0.1, 0.15) is 20.7 Å². The topological polar surface area (TPSA) is 34.1 Å². The molecule has 0 aromatic heterocycles. The molecule has 4 aromatic rings. The Morgan fingerprint density at radius 3 is 1.50 bits per heavy atom. The predicted molar refractivity (Wildman–Crippen MR) is 87.6 cm³/mol. The first-order chi connectivity index (χ1) is 10.8. The van der Waals surface area contributed by atoms with Gasteiger partial charge in [0.05, 0.1) is 0 Å². The van der Waals surface area contributed by atoms with Crippen LogP contribution in [0.4, 0.5) is 0 Å². The fraction of sp³-hybridized carbons (Fsp3) is 0. The van der Waals surface area contributed by atoms with Gasteiger partial charge >= 0.3 is 0 Å². The van der Waals surface area contributed by atoms with Gasteiger partial charge in [-0.2, -0.15) is 0 Å². The Labute approximate surface area is 126 Å². The number of benzene rings is 4. The molecule has 0 saturated carbocycles. The fourth-order valence-corrected chi connectivity index (χ4v) is 3.60. The van der Waals surface area contributed by atoms with Crippen LogP contribution in [-0.2, 0) is 0 Å².